The van der Waals surface area contributed by atoms with Crippen LogP contribution in [0.5, 0.6) is 0 Å². The number of piperidine rings is 1. The Bertz CT molecular complexity index is 697. The maximum absolute atomic E-state index is 12.5. The second kappa shape index (κ2) is 8.40. The molecule has 0 spiro atoms. The molecule has 3 rings (SSSR count). The molecule has 1 aliphatic heterocycles. The predicted molar refractivity (Wildman–Crippen MR) is 99.5 cm³/mol. The van der Waals surface area contributed by atoms with Gasteiger partial charge in [-0.25, -0.2) is 4.79 Å². The van der Waals surface area contributed by atoms with E-state index in [0.717, 1.165) is 38.2 Å². The standard InChI is InChI=1S/C19H29N5O2/c1-4-24-9-5-7-15(18(24)16-11-21-23(3)14-16)13-22(2)19(25)20-12-17-8-6-10-26-17/h6,8,10-11,14-15,18H,4-5,7,9,12-13H2,1-3H3,(H,20,25)/t15-,18+/m0/s1. The van der Waals surface area contributed by atoms with E-state index < -0.39 is 0 Å². The normalized spacial score (nSPS) is 20.9. The molecule has 2 amide bonds. The summed E-state index contributed by atoms with van der Waals surface area (Å²) in [6.45, 7) is 5.44. The summed E-state index contributed by atoms with van der Waals surface area (Å²) in [5, 5.41) is 7.28. The Morgan fingerprint density at radius 3 is 3.00 bits per heavy atom. The summed E-state index contributed by atoms with van der Waals surface area (Å²) in [5.74, 6) is 1.15. The van der Waals surface area contributed by atoms with Crippen LogP contribution < -0.4 is 5.32 Å². The third-order valence-electron chi connectivity index (χ3n) is 5.18. The van der Waals surface area contributed by atoms with E-state index in [2.05, 4.69) is 28.4 Å². The molecule has 26 heavy (non-hydrogen) atoms. The first-order chi connectivity index (χ1) is 12.6. The first-order valence-electron chi connectivity index (χ1n) is 9.32. The quantitative estimate of drug-likeness (QED) is 0.861. The van der Waals surface area contributed by atoms with E-state index in [9.17, 15) is 4.79 Å². The van der Waals surface area contributed by atoms with Crippen molar-refractivity contribution in [1.82, 2.24) is 24.9 Å². The van der Waals surface area contributed by atoms with Crippen LogP contribution >= 0.6 is 0 Å². The van der Waals surface area contributed by atoms with Gasteiger partial charge in [0, 0.05) is 38.4 Å². The minimum absolute atomic E-state index is 0.0695. The molecular weight excluding hydrogens is 330 g/mol. The fourth-order valence-electron chi connectivity index (χ4n) is 3.92. The predicted octanol–water partition coefficient (Wildman–Crippen LogP) is 2.63. The molecule has 2 atom stereocenters. The molecule has 1 N–H and O–H groups in total. The number of hydrogen-bond acceptors (Lipinski definition) is 4. The third kappa shape index (κ3) is 4.27. The zero-order valence-electron chi connectivity index (χ0n) is 15.9. The van der Waals surface area contributed by atoms with Crippen molar-refractivity contribution in [2.75, 3.05) is 26.7 Å². The Labute approximate surface area is 154 Å². The molecule has 1 aliphatic rings. The van der Waals surface area contributed by atoms with Crippen LogP contribution in [0.4, 0.5) is 4.79 Å². The first kappa shape index (κ1) is 18.5. The number of carbonyl (C=O) groups is 1. The molecule has 7 nitrogen and oxygen atoms in total. The molecule has 0 aromatic carbocycles. The molecule has 0 unspecified atom stereocenters. The fraction of sp³-hybridized carbons (Fsp3) is 0.579. The highest BCUT2D eigenvalue weighted by molar-refractivity contribution is 5.73. The molecule has 142 valence electrons. The molecule has 1 saturated heterocycles. The number of nitrogens with one attached hydrogen (secondary N) is 1. The van der Waals surface area contributed by atoms with Crippen LogP contribution in [0, 0.1) is 5.92 Å². The van der Waals surface area contributed by atoms with Crippen molar-refractivity contribution >= 4 is 6.03 Å². The number of amides is 2. The van der Waals surface area contributed by atoms with Crippen LogP contribution in [0.1, 0.15) is 37.1 Å². The van der Waals surface area contributed by atoms with Crippen molar-refractivity contribution in [3.63, 3.8) is 0 Å². The lowest BCUT2D eigenvalue weighted by Crippen LogP contribution is -2.46. The molecule has 0 bridgehead atoms. The number of rotatable bonds is 6. The Hall–Kier alpha value is -2.28. The molecule has 2 aromatic rings. The van der Waals surface area contributed by atoms with Crippen molar-refractivity contribution in [2.45, 2.75) is 32.4 Å². The van der Waals surface area contributed by atoms with Crippen LogP contribution in [0.2, 0.25) is 0 Å². The van der Waals surface area contributed by atoms with Crippen molar-refractivity contribution in [3.8, 4) is 0 Å². The molecular formula is C19H29N5O2. The maximum atomic E-state index is 12.5. The average molecular weight is 359 g/mol. The van der Waals surface area contributed by atoms with Gasteiger partial charge in [-0.3, -0.25) is 9.58 Å². The van der Waals surface area contributed by atoms with Gasteiger partial charge in [-0.15, -0.1) is 0 Å². The van der Waals surface area contributed by atoms with Gasteiger partial charge >= 0.3 is 6.03 Å². The number of aromatic nitrogens is 2. The Morgan fingerprint density at radius 2 is 2.35 bits per heavy atom. The van der Waals surface area contributed by atoms with Gasteiger partial charge in [-0.05, 0) is 44.0 Å². The SMILES string of the molecule is CCN1CCC[C@@H](CN(C)C(=O)NCc2ccco2)[C@@H]1c1cnn(C)c1. The van der Waals surface area contributed by atoms with Crippen LogP contribution in [0.3, 0.4) is 0 Å². The summed E-state index contributed by atoms with van der Waals surface area (Å²) >= 11 is 0. The van der Waals surface area contributed by atoms with Gasteiger partial charge in [-0.2, -0.15) is 5.10 Å². The molecule has 0 aliphatic carbocycles. The summed E-state index contributed by atoms with van der Waals surface area (Å²) in [5.41, 5.74) is 1.24. The number of aryl methyl sites for hydroxylation is 1. The molecule has 2 aromatic heterocycles. The largest absolute Gasteiger partial charge is 0.467 e. The monoisotopic (exact) mass is 359 g/mol. The van der Waals surface area contributed by atoms with Crippen molar-refractivity contribution in [3.05, 3.63) is 42.1 Å². The Kier molecular flexibility index (Phi) is 5.98. The van der Waals surface area contributed by atoms with E-state index in [4.69, 9.17) is 4.42 Å². The summed E-state index contributed by atoms with van der Waals surface area (Å²) in [6.07, 6.45) is 7.96. The second-order valence-corrected chi connectivity index (χ2v) is 7.04. The van der Waals surface area contributed by atoms with E-state index in [1.165, 1.54) is 5.56 Å². The van der Waals surface area contributed by atoms with Crippen molar-refractivity contribution in [2.24, 2.45) is 13.0 Å². The fourth-order valence-corrected chi connectivity index (χ4v) is 3.92. The number of nitrogens with zero attached hydrogens (tertiary/aromatic N) is 4. The summed E-state index contributed by atoms with van der Waals surface area (Å²) in [7, 11) is 3.81. The van der Waals surface area contributed by atoms with Crippen LogP contribution in [0.15, 0.2) is 35.2 Å². The molecule has 0 saturated carbocycles. The van der Waals surface area contributed by atoms with Crippen LogP contribution in [0.25, 0.3) is 0 Å². The molecule has 0 radical (unpaired) electrons. The zero-order valence-corrected chi connectivity index (χ0v) is 15.9. The van der Waals surface area contributed by atoms with Crippen molar-refractivity contribution in [1.29, 1.82) is 0 Å². The average Bonchev–Trinajstić information content (AvgIpc) is 3.30. The Balaban J connectivity index is 1.64. The number of hydrogen-bond donors (Lipinski definition) is 1. The number of urea groups is 1. The highest BCUT2D eigenvalue weighted by atomic mass is 16.3. The van der Waals surface area contributed by atoms with Gasteiger partial charge in [0.1, 0.15) is 5.76 Å². The topological polar surface area (TPSA) is 66.5 Å². The van der Waals surface area contributed by atoms with E-state index in [0.29, 0.717) is 18.5 Å². The summed E-state index contributed by atoms with van der Waals surface area (Å²) < 4.78 is 7.13. The van der Waals surface area contributed by atoms with Gasteiger partial charge in [0.2, 0.25) is 0 Å². The zero-order chi connectivity index (χ0) is 18.5. The van der Waals surface area contributed by atoms with E-state index in [1.54, 1.807) is 11.2 Å². The highest BCUT2D eigenvalue weighted by Crippen LogP contribution is 2.36. The van der Waals surface area contributed by atoms with Gasteiger partial charge in [0.05, 0.1) is 19.0 Å². The number of carbonyl (C=O) groups excluding carboxylic acids is 1. The number of likely N-dealkylation sites (tertiary alicyclic amines) is 1. The minimum atomic E-state index is -0.0695. The van der Waals surface area contributed by atoms with E-state index in [-0.39, 0.29) is 6.03 Å². The van der Waals surface area contributed by atoms with Crippen molar-refractivity contribution < 1.29 is 9.21 Å². The number of furan rings is 1. The van der Waals surface area contributed by atoms with Crippen LogP contribution in [-0.2, 0) is 13.6 Å². The molecule has 1 fully saturated rings. The first-order valence-corrected chi connectivity index (χ1v) is 9.32. The lowest BCUT2D eigenvalue weighted by molar-refractivity contribution is 0.0813. The second-order valence-electron chi connectivity index (χ2n) is 7.04. The van der Waals surface area contributed by atoms with Gasteiger partial charge in [-0.1, -0.05) is 6.92 Å². The maximum Gasteiger partial charge on any atom is 0.317 e. The lowest BCUT2D eigenvalue weighted by Gasteiger charge is -2.42. The van der Waals surface area contributed by atoms with Gasteiger partial charge < -0.3 is 14.6 Å². The lowest BCUT2D eigenvalue weighted by atomic mass is 9.85. The minimum Gasteiger partial charge on any atom is -0.467 e. The summed E-state index contributed by atoms with van der Waals surface area (Å²) in [4.78, 5) is 16.7. The van der Waals surface area contributed by atoms with E-state index in [1.807, 2.05) is 37.1 Å². The molecule has 3 heterocycles. The van der Waals surface area contributed by atoms with Crippen LogP contribution in [-0.4, -0.2) is 52.3 Å². The third-order valence-corrected chi connectivity index (χ3v) is 5.18. The highest BCUT2D eigenvalue weighted by Gasteiger charge is 2.33. The summed E-state index contributed by atoms with van der Waals surface area (Å²) in [6, 6.07) is 3.92. The molecule has 7 heteroatoms. The van der Waals surface area contributed by atoms with Gasteiger partial charge in [0.25, 0.3) is 0 Å². The smallest absolute Gasteiger partial charge is 0.317 e. The van der Waals surface area contributed by atoms with E-state index >= 15 is 0 Å². The van der Waals surface area contributed by atoms with Gasteiger partial charge in [0.15, 0.2) is 0 Å². The Morgan fingerprint density at radius 1 is 1.50 bits per heavy atom.